The molecule has 0 spiro atoms. The second-order valence-corrected chi connectivity index (χ2v) is 9.45. The summed E-state index contributed by atoms with van der Waals surface area (Å²) in [6.07, 6.45) is 1.53. The molecule has 0 atom stereocenters. The molecule has 2 aromatic carbocycles. The van der Waals surface area contributed by atoms with Crippen molar-refractivity contribution in [3.05, 3.63) is 83.0 Å². The van der Waals surface area contributed by atoms with Gasteiger partial charge >= 0.3 is 0 Å². The number of carbonyl (C=O) groups excluding carboxylic acids is 1. The van der Waals surface area contributed by atoms with Gasteiger partial charge in [-0.15, -0.1) is 0 Å². The first-order chi connectivity index (χ1) is 16.3. The van der Waals surface area contributed by atoms with Gasteiger partial charge in [0.1, 0.15) is 6.61 Å². The normalized spacial score (nSPS) is 13.2. The maximum absolute atomic E-state index is 12.7. The Morgan fingerprint density at radius 1 is 1.18 bits per heavy atom. The summed E-state index contributed by atoms with van der Waals surface area (Å²) in [7, 11) is -2.08. The third-order valence-electron chi connectivity index (χ3n) is 5.50. The fraction of sp³-hybridized carbons (Fsp3) is 0.250. The number of primary sulfonamides is 1. The molecule has 4 rings (SSSR count). The van der Waals surface area contributed by atoms with Gasteiger partial charge in [-0.25, -0.2) is 18.5 Å². The van der Waals surface area contributed by atoms with Gasteiger partial charge in [0.05, 0.1) is 23.6 Å². The largest absolute Gasteiger partial charge is 0.488 e. The predicted octanol–water partition coefficient (Wildman–Crippen LogP) is 2.20. The first-order valence-corrected chi connectivity index (χ1v) is 12.2. The number of nitrogens with two attached hydrogens (primary N) is 1. The van der Waals surface area contributed by atoms with Gasteiger partial charge in [-0.05, 0) is 34.9 Å². The molecular weight excluding hydrogens is 456 g/mol. The van der Waals surface area contributed by atoms with Crippen LogP contribution in [0.15, 0.2) is 65.7 Å². The Morgan fingerprint density at radius 3 is 2.62 bits per heavy atom. The number of fused-ring (bicyclic) bond motifs is 1. The molecule has 34 heavy (non-hydrogen) atoms. The van der Waals surface area contributed by atoms with Crippen molar-refractivity contribution in [2.45, 2.75) is 24.6 Å². The molecule has 178 valence electrons. The van der Waals surface area contributed by atoms with E-state index >= 15 is 0 Å². The van der Waals surface area contributed by atoms with E-state index in [1.807, 2.05) is 18.2 Å². The Labute approximate surface area is 198 Å². The number of nitrogens with one attached hydrogen (secondary N) is 1. The molecule has 0 saturated carbocycles. The van der Waals surface area contributed by atoms with E-state index in [-0.39, 0.29) is 17.3 Å². The minimum absolute atomic E-state index is 0.0213. The zero-order valence-electron chi connectivity index (χ0n) is 18.7. The molecule has 0 bridgehead atoms. The number of carbonyl (C=O) groups is 1. The van der Waals surface area contributed by atoms with Gasteiger partial charge in [-0.2, -0.15) is 0 Å². The van der Waals surface area contributed by atoms with Gasteiger partial charge in [-0.1, -0.05) is 36.4 Å². The van der Waals surface area contributed by atoms with Crippen LogP contribution in [0.25, 0.3) is 0 Å². The number of ether oxygens (including phenoxy) is 2. The summed E-state index contributed by atoms with van der Waals surface area (Å²) in [6, 6.07) is 15.8. The molecule has 1 aliphatic heterocycles. The van der Waals surface area contributed by atoms with Crippen molar-refractivity contribution in [3.8, 4) is 5.75 Å². The minimum atomic E-state index is -3.75. The molecule has 2 heterocycles. The number of pyridine rings is 1. The van der Waals surface area contributed by atoms with Crippen molar-refractivity contribution >= 4 is 21.7 Å². The molecule has 1 aromatic heterocycles. The van der Waals surface area contributed by atoms with Crippen LogP contribution in [0.1, 0.15) is 27.0 Å². The van der Waals surface area contributed by atoms with E-state index in [1.54, 1.807) is 25.3 Å². The van der Waals surface area contributed by atoms with Gasteiger partial charge in [0.15, 0.2) is 11.6 Å². The van der Waals surface area contributed by atoms with E-state index in [2.05, 4.69) is 21.3 Å². The molecule has 10 heteroatoms. The number of amides is 1. The summed E-state index contributed by atoms with van der Waals surface area (Å²) in [5.41, 5.74) is 3.38. The molecule has 3 N–H and O–H groups in total. The number of aromatic nitrogens is 1. The lowest BCUT2D eigenvalue weighted by Gasteiger charge is -2.30. The Morgan fingerprint density at radius 2 is 1.91 bits per heavy atom. The topological polar surface area (TPSA) is 124 Å². The lowest BCUT2D eigenvalue weighted by atomic mass is 10.1. The van der Waals surface area contributed by atoms with E-state index < -0.39 is 10.0 Å². The molecule has 0 aliphatic carbocycles. The molecule has 0 radical (unpaired) electrons. The Hall–Kier alpha value is -3.47. The Kier molecular flexibility index (Phi) is 7.11. The molecule has 1 aliphatic rings. The molecular formula is C24H26N4O5S. The first kappa shape index (κ1) is 23.7. The van der Waals surface area contributed by atoms with E-state index in [9.17, 15) is 13.2 Å². The highest BCUT2D eigenvalue weighted by molar-refractivity contribution is 7.89. The van der Waals surface area contributed by atoms with Gasteiger partial charge in [0, 0.05) is 26.4 Å². The van der Waals surface area contributed by atoms with E-state index in [1.165, 1.54) is 18.3 Å². The van der Waals surface area contributed by atoms with Gasteiger partial charge in [0.25, 0.3) is 5.91 Å². The number of anilines is 1. The third-order valence-corrected chi connectivity index (χ3v) is 6.43. The van der Waals surface area contributed by atoms with Crippen molar-refractivity contribution in [1.82, 2.24) is 10.3 Å². The number of sulfonamides is 1. The first-order valence-electron chi connectivity index (χ1n) is 10.7. The Bertz CT molecular complexity index is 1280. The summed E-state index contributed by atoms with van der Waals surface area (Å²) in [5, 5.41) is 7.92. The molecule has 0 fully saturated rings. The number of benzene rings is 2. The monoisotopic (exact) mass is 482 g/mol. The molecule has 0 unspecified atom stereocenters. The molecule has 9 nitrogen and oxygen atoms in total. The summed E-state index contributed by atoms with van der Waals surface area (Å²) < 4.78 is 33.8. The average molecular weight is 483 g/mol. The van der Waals surface area contributed by atoms with Crippen LogP contribution in [0.5, 0.6) is 5.75 Å². The van der Waals surface area contributed by atoms with E-state index in [4.69, 9.17) is 14.6 Å². The highest BCUT2D eigenvalue weighted by Gasteiger charge is 2.22. The maximum atomic E-state index is 12.7. The number of rotatable bonds is 8. The molecule has 3 aromatic rings. The Balaban J connectivity index is 1.44. The number of hydrogen-bond donors (Lipinski definition) is 2. The van der Waals surface area contributed by atoms with Gasteiger partial charge in [0.2, 0.25) is 10.0 Å². The quantitative estimate of drug-likeness (QED) is 0.504. The van der Waals surface area contributed by atoms with Crippen LogP contribution in [-0.2, 0) is 34.5 Å². The standard InChI is InChI=1S/C24H26N4O5S/c1-32-16-19-5-3-2-4-18(19)15-28-10-11-33-22-12-20(14-26-23(22)28)24(29)27-13-17-6-8-21(9-7-17)34(25,30)31/h2-9,12,14H,10-11,13,15-16H2,1H3,(H,27,29)(H2,25,30,31). The van der Waals surface area contributed by atoms with Crippen LogP contribution in [0.4, 0.5) is 5.82 Å². The second kappa shape index (κ2) is 10.2. The zero-order chi connectivity index (χ0) is 24.1. The van der Waals surface area contributed by atoms with Crippen LogP contribution in [0, 0.1) is 0 Å². The SMILES string of the molecule is COCc1ccccc1CN1CCOc2cc(C(=O)NCc3ccc(S(N)(=O)=O)cc3)cnc21. The highest BCUT2D eigenvalue weighted by Crippen LogP contribution is 2.31. The zero-order valence-corrected chi connectivity index (χ0v) is 19.5. The van der Waals surface area contributed by atoms with E-state index in [0.717, 1.165) is 16.7 Å². The smallest absolute Gasteiger partial charge is 0.253 e. The second-order valence-electron chi connectivity index (χ2n) is 7.89. The number of methoxy groups -OCH3 is 1. The summed E-state index contributed by atoms with van der Waals surface area (Å²) in [5.74, 6) is 0.936. The summed E-state index contributed by atoms with van der Waals surface area (Å²) >= 11 is 0. The number of hydrogen-bond acceptors (Lipinski definition) is 7. The van der Waals surface area contributed by atoms with Crippen LogP contribution >= 0.6 is 0 Å². The highest BCUT2D eigenvalue weighted by atomic mass is 32.2. The van der Waals surface area contributed by atoms with Crippen LogP contribution in [-0.4, -0.2) is 39.6 Å². The summed E-state index contributed by atoms with van der Waals surface area (Å²) in [4.78, 5) is 19.3. The van der Waals surface area contributed by atoms with E-state index in [0.29, 0.717) is 43.4 Å². The lowest BCUT2D eigenvalue weighted by molar-refractivity contribution is 0.0950. The van der Waals surface area contributed by atoms with Crippen molar-refractivity contribution in [3.63, 3.8) is 0 Å². The fourth-order valence-corrected chi connectivity index (χ4v) is 4.24. The fourth-order valence-electron chi connectivity index (χ4n) is 3.73. The number of nitrogens with zero attached hydrogens (tertiary/aromatic N) is 2. The van der Waals surface area contributed by atoms with Crippen molar-refractivity contribution in [1.29, 1.82) is 0 Å². The third kappa shape index (κ3) is 5.53. The lowest BCUT2D eigenvalue weighted by Crippen LogP contribution is -2.33. The minimum Gasteiger partial charge on any atom is -0.488 e. The van der Waals surface area contributed by atoms with Crippen LogP contribution in [0.2, 0.25) is 0 Å². The maximum Gasteiger partial charge on any atom is 0.253 e. The van der Waals surface area contributed by atoms with Crippen molar-refractivity contribution < 1.29 is 22.7 Å². The van der Waals surface area contributed by atoms with Crippen LogP contribution < -0.4 is 20.1 Å². The molecule has 0 saturated heterocycles. The average Bonchev–Trinajstić information content (AvgIpc) is 2.83. The van der Waals surface area contributed by atoms with Crippen LogP contribution in [0.3, 0.4) is 0 Å². The predicted molar refractivity (Wildman–Crippen MR) is 127 cm³/mol. The molecule has 1 amide bonds. The van der Waals surface area contributed by atoms with Gasteiger partial charge < -0.3 is 19.7 Å². The van der Waals surface area contributed by atoms with Crippen molar-refractivity contribution in [2.75, 3.05) is 25.2 Å². The summed E-state index contributed by atoms with van der Waals surface area (Å²) in [6.45, 7) is 2.58. The van der Waals surface area contributed by atoms with Gasteiger partial charge in [-0.3, -0.25) is 4.79 Å². The van der Waals surface area contributed by atoms with Crippen molar-refractivity contribution in [2.24, 2.45) is 5.14 Å².